The first-order valence-electron chi connectivity index (χ1n) is 12.1. The monoisotopic (exact) mass is 530 g/mol. The molecule has 11 nitrogen and oxygen atoms in total. The molecule has 0 unspecified atom stereocenters. The number of halogens is 3. The average molecular weight is 531 g/mol. The summed E-state index contributed by atoms with van der Waals surface area (Å²) < 4.78 is 58.6. The SMILES string of the molecule is CNC(=O)c1cnn2ccc(-c3c(F)cn4nc(N[C@@H]5CCN(C6COC6)CC5(F)F)nc(OC)c34)cc12. The Morgan fingerprint density at radius 1 is 1.29 bits per heavy atom. The maximum atomic E-state index is 15.3. The predicted molar refractivity (Wildman–Crippen MR) is 130 cm³/mol. The predicted octanol–water partition coefficient (Wildman–Crippen LogP) is 2.07. The first-order valence-corrected chi connectivity index (χ1v) is 12.1. The molecule has 4 aromatic rings. The quantitative estimate of drug-likeness (QED) is 0.390. The van der Waals surface area contributed by atoms with Crippen molar-refractivity contribution in [2.24, 2.45) is 0 Å². The molecule has 2 fully saturated rings. The van der Waals surface area contributed by atoms with E-state index in [9.17, 15) is 13.6 Å². The molecule has 1 amide bonds. The molecule has 1 atom stereocenters. The van der Waals surface area contributed by atoms with Crippen molar-refractivity contribution in [2.45, 2.75) is 24.4 Å². The fraction of sp³-hybridized carbons (Fsp3) is 0.417. The van der Waals surface area contributed by atoms with Crippen molar-refractivity contribution in [3.8, 4) is 17.0 Å². The number of nitrogens with one attached hydrogen (secondary N) is 2. The number of carbonyl (C=O) groups is 1. The molecule has 200 valence electrons. The van der Waals surface area contributed by atoms with Gasteiger partial charge in [0.15, 0.2) is 5.82 Å². The number of hydrogen-bond donors (Lipinski definition) is 2. The fourth-order valence-electron chi connectivity index (χ4n) is 4.99. The summed E-state index contributed by atoms with van der Waals surface area (Å²) in [6.45, 7) is 1.02. The molecule has 2 saturated heterocycles. The third-order valence-electron chi connectivity index (χ3n) is 7.10. The van der Waals surface area contributed by atoms with Crippen molar-refractivity contribution >= 4 is 22.9 Å². The molecule has 6 rings (SSSR count). The number of aromatic nitrogens is 5. The standard InChI is InChI=1S/C24H25F3N8O3/c1-28-21(36)15-8-29-34-6-3-13(7-17(15)34)19-16(25)9-35-20(19)22(37-2)31-23(32-35)30-18-4-5-33(12-24(18,26)27)14-10-38-11-14/h3,6-9,14,18H,4-5,10-12H2,1-2H3,(H,28,36)(H,30,32)/t18-/m1/s1. The minimum absolute atomic E-state index is 0.00803. The molecular weight excluding hydrogens is 505 g/mol. The van der Waals surface area contributed by atoms with Gasteiger partial charge in [0, 0.05) is 19.8 Å². The number of likely N-dealkylation sites (tertiary alicyclic amines) is 1. The van der Waals surface area contributed by atoms with Crippen LogP contribution in [-0.2, 0) is 4.74 Å². The number of nitrogens with zero attached hydrogens (tertiary/aromatic N) is 6. The maximum absolute atomic E-state index is 15.3. The molecule has 0 bridgehead atoms. The van der Waals surface area contributed by atoms with E-state index in [0.717, 1.165) is 6.20 Å². The highest BCUT2D eigenvalue weighted by Crippen LogP contribution is 2.36. The molecule has 0 aliphatic carbocycles. The summed E-state index contributed by atoms with van der Waals surface area (Å²) in [7, 11) is 2.87. The zero-order chi connectivity index (χ0) is 26.6. The second-order valence-corrected chi connectivity index (χ2v) is 9.38. The molecule has 0 saturated carbocycles. The highest BCUT2D eigenvalue weighted by molar-refractivity contribution is 6.01. The number of rotatable bonds is 6. The van der Waals surface area contributed by atoms with Crippen molar-refractivity contribution in [1.82, 2.24) is 34.4 Å². The molecule has 2 aliphatic heterocycles. The lowest BCUT2D eigenvalue weighted by molar-refractivity contribution is -0.131. The summed E-state index contributed by atoms with van der Waals surface area (Å²) in [6.07, 6.45) is 4.34. The van der Waals surface area contributed by atoms with Gasteiger partial charge in [-0.05, 0) is 24.1 Å². The van der Waals surface area contributed by atoms with E-state index in [1.807, 2.05) is 0 Å². The van der Waals surface area contributed by atoms with Gasteiger partial charge >= 0.3 is 0 Å². The number of hydrogen-bond acceptors (Lipinski definition) is 8. The minimum Gasteiger partial charge on any atom is -0.479 e. The Morgan fingerprint density at radius 2 is 2.11 bits per heavy atom. The third kappa shape index (κ3) is 4.00. The molecule has 0 aromatic carbocycles. The van der Waals surface area contributed by atoms with Crippen LogP contribution in [0.25, 0.3) is 22.2 Å². The largest absolute Gasteiger partial charge is 0.479 e. The summed E-state index contributed by atoms with van der Waals surface area (Å²) in [4.78, 5) is 18.3. The summed E-state index contributed by atoms with van der Waals surface area (Å²) >= 11 is 0. The highest BCUT2D eigenvalue weighted by atomic mass is 19.3. The lowest BCUT2D eigenvalue weighted by atomic mass is 9.98. The van der Waals surface area contributed by atoms with E-state index in [0.29, 0.717) is 36.4 Å². The first-order chi connectivity index (χ1) is 18.3. The van der Waals surface area contributed by atoms with Crippen LogP contribution in [0.5, 0.6) is 5.88 Å². The highest BCUT2D eigenvalue weighted by Gasteiger charge is 2.47. The van der Waals surface area contributed by atoms with E-state index in [1.165, 1.54) is 29.4 Å². The van der Waals surface area contributed by atoms with Crippen LogP contribution in [0.1, 0.15) is 16.8 Å². The van der Waals surface area contributed by atoms with Crippen LogP contribution >= 0.6 is 0 Å². The molecule has 4 aromatic heterocycles. The Bertz CT molecular complexity index is 1530. The van der Waals surface area contributed by atoms with Crippen LogP contribution in [0.2, 0.25) is 0 Å². The number of methoxy groups -OCH3 is 1. The van der Waals surface area contributed by atoms with E-state index in [-0.39, 0.29) is 41.3 Å². The summed E-state index contributed by atoms with van der Waals surface area (Å²) in [5.41, 5.74) is 1.59. The van der Waals surface area contributed by atoms with Gasteiger partial charge in [0.05, 0.1) is 68.0 Å². The van der Waals surface area contributed by atoms with Gasteiger partial charge in [-0.3, -0.25) is 9.69 Å². The van der Waals surface area contributed by atoms with Gasteiger partial charge in [-0.2, -0.15) is 10.1 Å². The zero-order valence-electron chi connectivity index (χ0n) is 20.6. The summed E-state index contributed by atoms with van der Waals surface area (Å²) in [5.74, 6) is -4.08. The Labute approximate surface area is 214 Å². The Morgan fingerprint density at radius 3 is 2.79 bits per heavy atom. The number of fused-ring (bicyclic) bond motifs is 2. The summed E-state index contributed by atoms with van der Waals surface area (Å²) in [6, 6.07) is 2.08. The van der Waals surface area contributed by atoms with Crippen LogP contribution in [0, 0.1) is 5.82 Å². The average Bonchev–Trinajstić information content (AvgIpc) is 3.43. The van der Waals surface area contributed by atoms with Gasteiger partial charge < -0.3 is 20.1 Å². The molecular formula is C24H25F3N8O3. The van der Waals surface area contributed by atoms with E-state index in [2.05, 4.69) is 25.8 Å². The van der Waals surface area contributed by atoms with Gasteiger partial charge in [0.2, 0.25) is 11.8 Å². The maximum Gasteiger partial charge on any atom is 0.280 e. The summed E-state index contributed by atoms with van der Waals surface area (Å²) in [5, 5.41) is 13.7. The van der Waals surface area contributed by atoms with Gasteiger partial charge in [0.25, 0.3) is 11.8 Å². The van der Waals surface area contributed by atoms with E-state index >= 15 is 4.39 Å². The molecule has 0 spiro atoms. The molecule has 38 heavy (non-hydrogen) atoms. The number of carbonyl (C=O) groups excluding carboxylic acids is 1. The van der Waals surface area contributed by atoms with E-state index < -0.39 is 24.3 Å². The Kier molecular flexibility index (Phi) is 5.87. The molecule has 2 N–H and O–H groups in total. The van der Waals surface area contributed by atoms with Gasteiger partial charge in [-0.15, -0.1) is 5.10 Å². The Balaban J connectivity index is 1.35. The molecule has 6 heterocycles. The van der Waals surface area contributed by atoms with Gasteiger partial charge in [0.1, 0.15) is 5.52 Å². The lowest BCUT2D eigenvalue weighted by Gasteiger charge is -2.44. The third-order valence-corrected chi connectivity index (χ3v) is 7.10. The molecule has 2 aliphatic rings. The lowest BCUT2D eigenvalue weighted by Crippen LogP contribution is -2.61. The number of anilines is 1. The normalized spacial score (nSPS) is 20.0. The number of amides is 1. The number of pyridine rings is 1. The van der Waals surface area contributed by atoms with Crippen molar-refractivity contribution in [2.75, 3.05) is 45.8 Å². The minimum atomic E-state index is -3.03. The van der Waals surface area contributed by atoms with Gasteiger partial charge in [-0.1, -0.05) is 0 Å². The van der Waals surface area contributed by atoms with Crippen molar-refractivity contribution < 1.29 is 27.4 Å². The smallest absolute Gasteiger partial charge is 0.280 e. The van der Waals surface area contributed by atoms with E-state index in [4.69, 9.17) is 9.47 Å². The first kappa shape index (κ1) is 24.4. The van der Waals surface area contributed by atoms with Gasteiger partial charge in [-0.25, -0.2) is 22.2 Å². The second-order valence-electron chi connectivity index (χ2n) is 9.38. The molecule has 0 radical (unpaired) electrons. The van der Waals surface area contributed by atoms with Crippen LogP contribution in [0.15, 0.2) is 30.7 Å². The van der Waals surface area contributed by atoms with Crippen molar-refractivity contribution in [3.05, 3.63) is 42.1 Å². The molecule has 14 heteroatoms. The number of ether oxygens (including phenoxy) is 2. The van der Waals surface area contributed by atoms with Crippen LogP contribution < -0.4 is 15.4 Å². The second kappa shape index (κ2) is 9.13. The van der Waals surface area contributed by atoms with Crippen LogP contribution in [-0.4, -0.2) is 93.5 Å². The number of alkyl halides is 2. The number of piperidine rings is 1. The van der Waals surface area contributed by atoms with E-state index in [1.54, 1.807) is 23.2 Å². The van der Waals surface area contributed by atoms with Crippen LogP contribution in [0.4, 0.5) is 19.1 Å². The van der Waals surface area contributed by atoms with Crippen molar-refractivity contribution in [1.29, 1.82) is 0 Å². The topological polar surface area (TPSA) is 110 Å². The Hall–Kier alpha value is -3.91. The fourth-order valence-corrected chi connectivity index (χ4v) is 4.99. The van der Waals surface area contributed by atoms with Crippen LogP contribution in [0.3, 0.4) is 0 Å². The zero-order valence-corrected chi connectivity index (χ0v) is 20.6. The van der Waals surface area contributed by atoms with Crippen molar-refractivity contribution in [3.63, 3.8) is 0 Å².